The number of nitrogens with two attached hydrogens (primary N) is 1. The minimum atomic E-state index is -4.04. The summed E-state index contributed by atoms with van der Waals surface area (Å²) in [5.74, 6) is -0.243. The maximum Gasteiger partial charge on any atom is 0.263 e. The van der Waals surface area contributed by atoms with Gasteiger partial charge < -0.3 is 15.8 Å². The summed E-state index contributed by atoms with van der Waals surface area (Å²) in [5.41, 5.74) is 7.49. The zero-order chi connectivity index (χ0) is 28.3. The van der Waals surface area contributed by atoms with Gasteiger partial charge in [-0.25, -0.2) is 27.8 Å². The smallest absolute Gasteiger partial charge is 0.263 e. The van der Waals surface area contributed by atoms with Crippen LogP contribution in [0, 0.1) is 12.7 Å². The number of hydrogen-bond donors (Lipinski definition) is 3. The highest BCUT2D eigenvalue weighted by Crippen LogP contribution is 2.35. The number of pyridine rings is 1. The molecule has 12 heteroatoms. The van der Waals surface area contributed by atoms with Gasteiger partial charge in [0.1, 0.15) is 4.90 Å². The number of nitrogens with one attached hydrogen (secondary N) is 2. The van der Waals surface area contributed by atoms with E-state index in [1.54, 1.807) is 43.5 Å². The lowest BCUT2D eigenvalue weighted by Crippen LogP contribution is -2.33. The lowest BCUT2D eigenvalue weighted by molar-refractivity contribution is 0.410. The van der Waals surface area contributed by atoms with Crippen molar-refractivity contribution in [1.82, 2.24) is 15.0 Å². The SMILES string of the molecule is Cc1cc(NS(=O)(=O)c2ccccc2Cl)cc(F)c1Oc1ncccc1-c1ccnc(N[C@H]2CC[C@H](N)CC2)n1. The van der Waals surface area contributed by atoms with Gasteiger partial charge in [0.15, 0.2) is 11.6 Å². The molecule has 4 aromatic rings. The second-order valence-corrected chi connectivity index (χ2v) is 11.7. The van der Waals surface area contributed by atoms with Crippen LogP contribution in [0.5, 0.6) is 11.6 Å². The largest absolute Gasteiger partial charge is 0.435 e. The van der Waals surface area contributed by atoms with Gasteiger partial charge in [-0.3, -0.25) is 4.72 Å². The standard InChI is InChI=1S/C28H28ClFN6O3S/c1-17-15-20(36-40(37,38)25-7-3-2-6-22(25)29)16-23(30)26(17)39-27-21(5-4-13-32-27)24-12-14-33-28(35-24)34-19-10-8-18(31)9-11-19/h2-7,12-16,18-19,36H,8-11,31H2,1H3,(H,33,34,35)/t18-,19-. The first kappa shape index (κ1) is 27.8. The molecule has 2 aromatic heterocycles. The summed E-state index contributed by atoms with van der Waals surface area (Å²) in [6, 6.07) is 14.2. The van der Waals surface area contributed by atoms with E-state index in [9.17, 15) is 8.42 Å². The van der Waals surface area contributed by atoms with Crippen LogP contribution in [0.3, 0.4) is 0 Å². The molecule has 9 nitrogen and oxygen atoms in total. The van der Waals surface area contributed by atoms with Gasteiger partial charge in [0.2, 0.25) is 11.8 Å². The Hall–Kier alpha value is -3.80. The molecular formula is C28H28ClFN6O3S. The minimum absolute atomic E-state index is 0.0266. The van der Waals surface area contributed by atoms with E-state index < -0.39 is 15.8 Å². The molecule has 5 rings (SSSR count). The van der Waals surface area contributed by atoms with Crippen LogP contribution < -0.4 is 20.5 Å². The molecule has 0 unspecified atom stereocenters. The van der Waals surface area contributed by atoms with Crippen LogP contribution in [0.4, 0.5) is 16.0 Å². The second-order valence-electron chi connectivity index (χ2n) is 9.62. The van der Waals surface area contributed by atoms with Gasteiger partial charge in [-0.2, -0.15) is 0 Å². The fraction of sp³-hybridized carbons (Fsp3) is 0.250. The highest BCUT2D eigenvalue weighted by Gasteiger charge is 2.22. The Bertz CT molecular complexity index is 1610. The van der Waals surface area contributed by atoms with E-state index in [1.807, 2.05) is 0 Å². The predicted octanol–water partition coefficient (Wildman–Crippen LogP) is 5.91. The van der Waals surface area contributed by atoms with Crippen molar-refractivity contribution in [2.24, 2.45) is 5.73 Å². The van der Waals surface area contributed by atoms with Crippen LogP contribution in [0.1, 0.15) is 31.2 Å². The van der Waals surface area contributed by atoms with E-state index in [4.69, 9.17) is 22.1 Å². The molecule has 2 heterocycles. The Kier molecular flexibility index (Phi) is 8.15. The summed E-state index contributed by atoms with van der Waals surface area (Å²) in [5, 5.41) is 3.43. The van der Waals surface area contributed by atoms with Crippen LogP contribution in [-0.2, 0) is 10.0 Å². The number of nitrogens with zero attached hydrogens (tertiary/aromatic N) is 3. The molecule has 1 aliphatic rings. The molecular weight excluding hydrogens is 555 g/mol. The second kappa shape index (κ2) is 11.7. The van der Waals surface area contributed by atoms with Gasteiger partial charge in [-0.1, -0.05) is 23.7 Å². The molecule has 0 bridgehead atoms. The number of hydrogen-bond acceptors (Lipinski definition) is 8. The topological polar surface area (TPSA) is 132 Å². The van der Waals surface area contributed by atoms with Gasteiger partial charge in [0, 0.05) is 30.5 Å². The normalized spacial score (nSPS) is 17.3. The van der Waals surface area contributed by atoms with Crippen LogP contribution >= 0.6 is 11.6 Å². The molecule has 0 radical (unpaired) electrons. The van der Waals surface area contributed by atoms with Crippen molar-refractivity contribution in [2.75, 3.05) is 10.0 Å². The Morgan fingerprint density at radius 2 is 1.80 bits per heavy atom. The highest BCUT2D eigenvalue weighted by molar-refractivity contribution is 7.92. The van der Waals surface area contributed by atoms with Crippen molar-refractivity contribution >= 4 is 33.3 Å². The zero-order valence-electron chi connectivity index (χ0n) is 21.6. The van der Waals surface area contributed by atoms with E-state index in [-0.39, 0.29) is 39.3 Å². The minimum Gasteiger partial charge on any atom is -0.435 e. The van der Waals surface area contributed by atoms with Crippen LogP contribution in [-0.4, -0.2) is 35.5 Å². The molecule has 1 aliphatic carbocycles. The monoisotopic (exact) mass is 582 g/mol. The number of anilines is 2. The van der Waals surface area contributed by atoms with Gasteiger partial charge in [0.25, 0.3) is 10.0 Å². The molecule has 0 atom stereocenters. The fourth-order valence-corrected chi connectivity index (χ4v) is 6.14. The molecule has 4 N–H and O–H groups in total. The zero-order valence-corrected chi connectivity index (χ0v) is 23.2. The first-order valence-electron chi connectivity index (χ1n) is 12.8. The number of aromatic nitrogens is 3. The van der Waals surface area contributed by atoms with E-state index in [2.05, 4.69) is 25.0 Å². The van der Waals surface area contributed by atoms with Crippen molar-refractivity contribution in [1.29, 1.82) is 0 Å². The summed E-state index contributed by atoms with van der Waals surface area (Å²) in [7, 11) is -4.04. The molecule has 208 valence electrons. The number of aryl methyl sites for hydroxylation is 1. The van der Waals surface area contributed by atoms with E-state index >= 15 is 4.39 Å². The molecule has 40 heavy (non-hydrogen) atoms. The summed E-state index contributed by atoms with van der Waals surface area (Å²) in [6.07, 6.45) is 6.95. The van der Waals surface area contributed by atoms with Crippen LogP contribution in [0.2, 0.25) is 5.02 Å². The first-order chi connectivity index (χ1) is 19.2. The van der Waals surface area contributed by atoms with Crippen molar-refractivity contribution in [3.63, 3.8) is 0 Å². The number of ether oxygens (including phenoxy) is 1. The average molecular weight is 583 g/mol. The number of benzene rings is 2. The molecule has 1 saturated carbocycles. The van der Waals surface area contributed by atoms with E-state index in [0.29, 0.717) is 22.8 Å². The van der Waals surface area contributed by atoms with Crippen molar-refractivity contribution in [3.05, 3.63) is 83.4 Å². The maximum absolute atomic E-state index is 15.3. The Morgan fingerprint density at radius 3 is 2.55 bits per heavy atom. The number of sulfonamides is 1. The Morgan fingerprint density at radius 1 is 1.02 bits per heavy atom. The summed E-state index contributed by atoms with van der Waals surface area (Å²) in [4.78, 5) is 13.2. The Labute approximate surface area is 237 Å². The average Bonchev–Trinajstić information content (AvgIpc) is 2.92. The number of rotatable bonds is 8. The summed E-state index contributed by atoms with van der Waals surface area (Å²) >= 11 is 6.04. The van der Waals surface area contributed by atoms with Crippen molar-refractivity contribution in [2.45, 2.75) is 49.6 Å². The lowest BCUT2D eigenvalue weighted by Gasteiger charge is -2.26. The molecule has 1 fully saturated rings. The highest BCUT2D eigenvalue weighted by atomic mass is 35.5. The van der Waals surface area contributed by atoms with Crippen molar-refractivity contribution in [3.8, 4) is 22.9 Å². The van der Waals surface area contributed by atoms with Crippen molar-refractivity contribution < 1.29 is 17.5 Å². The predicted molar refractivity (Wildman–Crippen MR) is 153 cm³/mol. The number of halogens is 2. The van der Waals surface area contributed by atoms with Crippen LogP contribution in [0.25, 0.3) is 11.3 Å². The lowest BCUT2D eigenvalue weighted by atomic mass is 9.92. The summed E-state index contributed by atoms with van der Waals surface area (Å²) in [6.45, 7) is 1.61. The van der Waals surface area contributed by atoms with Gasteiger partial charge >= 0.3 is 0 Å². The fourth-order valence-electron chi connectivity index (χ4n) is 4.58. The van der Waals surface area contributed by atoms with E-state index in [1.165, 1.54) is 24.4 Å². The maximum atomic E-state index is 15.3. The third-order valence-electron chi connectivity index (χ3n) is 6.61. The third kappa shape index (κ3) is 6.33. The summed E-state index contributed by atoms with van der Waals surface area (Å²) < 4.78 is 49.2. The molecule has 0 amide bonds. The van der Waals surface area contributed by atoms with Gasteiger partial charge in [0.05, 0.1) is 22.0 Å². The Balaban J connectivity index is 1.37. The molecule has 0 aliphatic heterocycles. The molecule has 0 spiro atoms. The van der Waals surface area contributed by atoms with Gasteiger partial charge in [-0.05, 0) is 74.6 Å². The first-order valence-corrected chi connectivity index (χ1v) is 14.6. The third-order valence-corrected chi connectivity index (χ3v) is 8.50. The molecule has 2 aromatic carbocycles. The van der Waals surface area contributed by atoms with Gasteiger partial charge in [-0.15, -0.1) is 0 Å². The van der Waals surface area contributed by atoms with Crippen LogP contribution in [0.15, 0.2) is 71.9 Å². The molecule has 0 saturated heterocycles. The van der Waals surface area contributed by atoms with E-state index in [0.717, 1.165) is 31.7 Å². The quantitative estimate of drug-likeness (QED) is 0.233.